The van der Waals surface area contributed by atoms with Gasteiger partial charge in [-0.15, -0.1) is 5.10 Å². The molecule has 0 bridgehead atoms. The number of hydrogen-bond acceptors (Lipinski definition) is 4. The lowest BCUT2D eigenvalue weighted by Crippen LogP contribution is -2.10. The molecule has 0 aromatic carbocycles. The minimum Gasteiger partial charge on any atom is -0.334 e. The van der Waals surface area contributed by atoms with Crippen molar-refractivity contribution in [3.05, 3.63) is 48.4 Å². The Kier molecular flexibility index (Phi) is 4.50. The number of rotatable bonds is 6. The second-order valence-corrected chi connectivity index (χ2v) is 5.77. The lowest BCUT2D eigenvalue weighted by Gasteiger charge is -2.10. The molecule has 6 nitrogen and oxygen atoms in total. The summed E-state index contributed by atoms with van der Waals surface area (Å²) in [4.78, 5) is 13.4. The van der Waals surface area contributed by atoms with Crippen molar-refractivity contribution in [1.82, 2.24) is 29.3 Å². The van der Waals surface area contributed by atoms with Crippen LogP contribution in [0, 0.1) is 0 Å². The minimum atomic E-state index is 0.415. The summed E-state index contributed by atoms with van der Waals surface area (Å²) in [5, 5.41) is 4.57. The molecule has 0 radical (unpaired) electrons. The van der Waals surface area contributed by atoms with Crippen LogP contribution in [0.4, 0.5) is 0 Å². The van der Waals surface area contributed by atoms with Gasteiger partial charge in [0.15, 0.2) is 5.82 Å². The molecule has 120 valence electrons. The van der Waals surface area contributed by atoms with Gasteiger partial charge in [-0.1, -0.05) is 19.9 Å². The van der Waals surface area contributed by atoms with E-state index in [1.807, 2.05) is 35.3 Å². The fourth-order valence-corrected chi connectivity index (χ4v) is 2.65. The first kappa shape index (κ1) is 15.4. The van der Waals surface area contributed by atoms with Crippen molar-refractivity contribution < 1.29 is 0 Å². The predicted octanol–water partition coefficient (Wildman–Crippen LogP) is 2.92. The molecule has 0 unspecified atom stereocenters. The molecule has 3 aromatic rings. The molecular formula is C17H22N6. The van der Waals surface area contributed by atoms with Crippen molar-refractivity contribution in [2.24, 2.45) is 0 Å². The van der Waals surface area contributed by atoms with Gasteiger partial charge in [0.1, 0.15) is 17.3 Å². The van der Waals surface area contributed by atoms with E-state index >= 15 is 0 Å². The van der Waals surface area contributed by atoms with Gasteiger partial charge in [-0.05, 0) is 19.1 Å². The van der Waals surface area contributed by atoms with Gasteiger partial charge in [0.2, 0.25) is 0 Å². The summed E-state index contributed by atoms with van der Waals surface area (Å²) in [5.41, 5.74) is 0.812. The van der Waals surface area contributed by atoms with Crippen LogP contribution in [0.15, 0.2) is 36.8 Å². The first-order valence-electron chi connectivity index (χ1n) is 8.05. The van der Waals surface area contributed by atoms with Gasteiger partial charge in [-0.25, -0.2) is 14.6 Å². The molecule has 0 saturated carbocycles. The number of nitrogens with zero attached hydrogens (tertiary/aromatic N) is 6. The molecule has 0 N–H and O–H groups in total. The van der Waals surface area contributed by atoms with Crippen LogP contribution in [-0.4, -0.2) is 29.3 Å². The molecule has 6 heteroatoms. The number of hydrogen-bond donors (Lipinski definition) is 0. The largest absolute Gasteiger partial charge is 0.334 e. The third-order valence-corrected chi connectivity index (χ3v) is 3.78. The Morgan fingerprint density at radius 2 is 2.00 bits per heavy atom. The zero-order valence-corrected chi connectivity index (χ0v) is 13.8. The topological polar surface area (TPSA) is 61.4 Å². The van der Waals surface area contributed by atoms with Crippen LogP contribution < -0.4 is 0 Å². The summed E-state index contributed by atoms with van der Waals surface area (Å²) >= 11 is 0. The van der Waals surface area contributed by atoms with E-state index in [-0.39, 0.29) is 0 Å². The van der Waals surface area contributed by atoms with E-state index in [4.69, 9.17) is 0 Å². The van der Waals surface area contributed by atoms with E-state index < -0.39 is 0 Å². The third-order valence-electron chi connectivity index (χ3n) is 3.78. The Hall–Kier alpha value is -2.50. The smallest absolute Gasteiger partial charge is 0.200 e. The van der Waals surface area contributed by atoms with Crippen LogP contribution >= 0.6 is 0 Å². The van der Waals surface area contributed by atoms with Crippen molar-refractivity contribution in [3.8, 4) is 11.5 Å². The first-order chi connectivity index (χ1) is 11.2. The van der Waals surface area contributed by atoms with Gasteiger partial charge in [0, 0.05) is 44.0 Å². The van der Waals surface area contributed by atoms with Crippen LogP contribution in [0.25, 0.3) is 11.5 Å². The first-order valence-corrected chi connectivity index (χ1v) is 8.05. The van der Waals surface area contributed by atoms with Crippen molar-refractivity contribution in [3.63, 3.8) is 0 Å². The molecule has 3 aromatic heterocycles. The highest BCUT2D eigenvalue weighted by Crippen LogP contribution is 2.15. The molecular weight excluding hydrogens is 288 g/mol. The zero-order valence-electron chi connectivity index (χ0n) is 13.8. The zero-order chi connectivity index (χ0) is 16.2. The number of aromatic nitrogens is 6. The van der Waals surface area contributed by atoms with Crippen molar-refractivity contribution in [2.45, 2.75) is 46.2 Å². The maximum Gasteiger partial charge on any atom is 0.200 e. The van der Waals surface area contributed by atoms with Gasteiger partial charge in [0.05, 0.1) is 0 Å². The SMILES string of the molecule is CCn1nc(-c2ccccn2)nc1CCn1ccnc1C(C)C. The number of imidazole rings is 1. The van der Waals surface area contributed by atoms with Gasteiger partial charge in [0.25, 0.3) is 0 Å². The summed E-state index contributed by atoms with van der Waals surface area (Å²) in [6.45, 7) is 8.06. The quantitative estimate of drug-likeness (QED) is 0.702. The maximum atomic E-state index is 4.68. The highest BCUT2D eigenvalue weighted by Gasteiger charge is 2.13. The van der Waals surface area contributed by atoms with Crippen LogP contribution in [-0.2, 0) is 19.5 Å². The molecule has 0 fully saturated rings. The minimum absolute atomic E-state index is 0.415. The van der Waals surface area contributed by atoms with E-state index in [0.717, 1.165) is 36.9 Å². The molecule has 0 aliphatic carbocycles. The average Bonchev–Trinajstić information content (AvgIpc) is 3.20. The standard InChI is InChI=1S/C17H22N6/c1-4-23-15(8-11-22-12-10-19-17(22)13(2)3)20-16(21-23)14-7-5-6-9-18-14/h5-7,9-10,12-13H,4,8,11H2,1-3H3. The molecule has 0 aliphatic rings. The third kappa shape index (κ3) is 3.31. The van der Waals surface area contributed by atoms with Crippen molar-refractivity contribution >= 4 is 0 Å². The maximum absolute atomic E-state index is 4.68. The summed E-state index contributed by atoms with van der Waals surface area (Å²) in [6.07, 6.45) is 6.48. The average molecular weight is 310 g/mol. The normalized spacial score (nSPS) is 11.3. The summed E-state index contributed by atoms with van der Waals surface area (Å²) in [7, 11) is 0. The van der Waals surface area contributed by atoms with Gasteiger partial charge in [-0.3, -0.25) is 4.98 Å². The Balaban J connectivity index is 1.80. The van der Waals surface area contributed by atoms with E-state index in [9.17, 15) is 0 Å². The molecule has 0 atom stereocenters. The van der Waals surface area contributed by atoms with E-state index in [2.05, 4.69) is 45.4 Å². The molecule has 0 spiro atoms. The fourth-order valence-electron chi connectivity index (χ4n) is 2.65. The highest BCUT2D eigenvalue weighted by molar-refractivity contribution is 5.47. The molecule has 3 heterocycles. The van der Waals surface area contributed by atoms with Gasteiger partial charge in [-0.2, -0.15) is 0 Å². The molecule has 0 amide bonds. The van der Waals surface area contributed by atoms with Crippen LogP contribution in [0.5, 0.6) is 0 Å². The molecule has 0 saturated heterocycles. The number of pyridine rings is 1. The fraction of sp³-hybridized carbons (Fsp3) is 0.412. The molecule has 0 aliphatic heterocycles. The van der Waals surface area contributed by atoms with Crippen molar-refractivity contribution in [2.75, 3.05) is 0 Å². The monoisotopic (exact) mass is 310 g/mol. The second-order valence-electron chi connectivity index (χ2n) is 5.77. The second kappa shape index (κ2) is 6.73. The summed E-state index contributed by atoms with van der Waals surface area (Å²) in [6, 6.07) is 5.79. The Bertz CT molecular complexity index is 756. The molecule has 3 rings (SSSR count). The van der Waals surface area contributed by atoms with E-state index in [1.165, 1.54) is 0 Å². The van der Waals surface area contributed by atoms with Crippen LogP contribution in [0.2, 0.25) is 0 Å². The van der Waals surface area contributed by atoms with Gasteiger partial charge >= 0.3 is 0 Å². The lowest BCUT2D eigenvalue weighted by molar-refractivity contribution is 0.563. The predicted molar refractivity (Wildman–Crippen MR) is 88.9 cm³/mol. The number of aryl methyl sites for hydroxylation is 3. The Morgan fingerprint density at radius 3 is 2.70 bits per heavy atom. The van der Waals surface area contributed by atoms with Crippen LogP contribution in [0.1, 0.15) is 38.3 Å². The highest BCUT2D eigenvalue weighted by atomic mass is 15.3. The summed E-state index contributed by atoms with van der Waals surface area (Å²) in [5.74, 6) is 3.20. The molecule has 23 heavy (non-hydrogen) atoms. The summed E-state index contributed by atoms with van der Waals surface area (Å²) < 4.78 is 4.15. The van der Waals surface area contributed by atoms with E-state index in [1.54, 1.807) is 6.20 Å². The van der Waals surface area contributed by atoms with Crippen molar-refractivity contribution in [1.29, 1.82) is 0 Å². The van der Waals surface area contributed by atoms with Crippen LogP contribution in [0.3, 0.4) is 0 Å². The lowest BCUT2D eigenvalue weighted by atomic mass is 10.2. The van der Waals surface area contributed by atoms with E-state index in [0.29, 0.717) is 11.7 Å². The Morgan fingerprint density at radius 1 is 1.13 bits per heavy atom. The van der Waals surface area contributed by atoms with Gasteiger partial charge < -0.3 is 4.57 Å². The Labute approximate surface area is 136 Å².